The highest BCUT2D eigenvalue weighted by atomic mass is 35.5. The van der Waals surface area contributed by atoms with E-state index in [2.05, 4.69) is 27.7 Å². The molecule has 3 aromatic rings. The molecule has 0 radical (unpaired) electrons. The van der Waals surface area contributed by atoms with Gasteiger partial charge in [-0.3, -0.25) is 14.2 Å². The summed E-state index contributed by atoms with van der Waals surface area (Å²) in [5.74, 6) is 1.37. The van der Waals surface area contributed by atoms with Gasteiger partial charge in [0.15, 0.2) is 0 Å². The molecule has 0 fully saturated rings. The Morgan fingerprint density at radius 2 is 1.79 bits per heavy atom. The fourth-order valence-electron chi connectivity index (χ4n) is 4.10. The van der Waals surface area contributed by atoms with Crippen molar-refractivity contribution >= 4 is 28.4 Å². The number of nitrogens with zero attached hydrogens (tertiary/aromatic N) is 3. The first kappa shape index (κ1) is 25.0. The zero-order valence-electron chi connectivity index (χ0n) is 20.2. The topological polar surface area (TPSA) is 55.2 Å². The molecule has 0 aliphatic heterocycles. The zero-order valence-corrected chi connectivity index (χ0v) is 21.0. The van der Waals surface area contributed by atoms with E-state index in [4.69, 9.17) is 16.6 Å². The molecule has 0 aliphatic carbocycles. The summed E-state index contributed by atoms with van der Waals surface area (Å²) >= 11 is 6.29. The Labute approximate surface area is 201 Å². The Morgan fingerprint density at radius 3 is 2.42 bits per heavy atom. The number of aromatic nitrogens is 2. The van der Waals surface area contributed by atoms with Crippen LogP contribution in [0.2, 0.25) is 5.02 Å². The van der Waals surface area contributed by atoms with Crippen LogP contribution in [0.15, 0.2) is 53.3 Å². The maximum absolute atomic E-state index is 13.7. The van der Waals surface area contributed by atoms with Crippen LogP contribution in [0.3, 0.4) is 0 Å². The summed E-state index contributed by atoms with van der Waals surface area (Å²) in [6.07, 6.45) is 1.99. The fourth-order valence-corrected chi connectivity index (χ4v) is 4.28. The van der Waals surface area contributed by atoms with E-state index in [9.17, 15) is 9.59 Å². The van der Waals surface area contributed by atoms with E-state index in [0.717, 1.165) is 6.42 Å². The third-order valence-corrected chi connectivity index (χ3v) is 6.01. The largest absolute Gasteiger partial charge is 0.332 e. The molecule has 5 nitrogen and oxygen atoms in total. The molecule has 1 aromatic heterocycles. The number of amides is 1. The SMILES string of the molecule is CCC(c1nc2ccccc2c(=O)n1-c1cccc(Cl)c1)N(CCC(C)C)C(=O)CC(C)C. The van der Waals surface area contributed by atoms with Gasteiger partial charge in [0.2, 0.25) is 5.91 Å². The first-order valence-electron chi connectivity index (χ1n) is 11.8. The molecule has 1 unspecified atom stereocenters. The van der Waals surface area contributed by atoms with Crippen LogP contribution in [0.25, 0.3) is 16.6 Å². The van der Waals surface area contributed by atoms with Crippen LogP contribution in [-0.4, -0.2) is 26.9 Å². The van der Waals surface area contributed by atoms with Gasteiger partial charge in [-0.1, -0.05) is 64.4 Å². The van der Waals surface area contributed by atoms with Gasteiger partial charge in [0.05, 0.1) is 22.6 Å². The number of rotatable bonds is 9. The molecule has 1 atom stereocenters. The predicted molar refractivity (Wildman–Crippen MR) is 136 cm³/mol. The molecule has 6 heteroatoms. The molecule has 0 aliphatic rings. The molecule has 0 saturated heterocycles. The van der Waals surface area contributed by atoms with Crippen molar-refractivity contribution < 1.29 is 4.79 Å². The second-order valence-corrected chi connectivity index (χ2v) is 9.84. The molecule has 0 saturated carbocycles. The molecule has 33 heavy (non-hydrogen) atoms. The average molecular weight is 468 g/mol. The van der Waals surface area contributed by atoms with Crippen molar-refractivity contribution in [2.45, 2.75) is 59.9 Å². The quantitative estimate of drug-likeness (QED) is 0.365. The van der Waals surface area contributed by atoms with E-state index in [1.54, 1.807) is 22.8 Å². The number of hydrogen-bond donors (Lipinski definition) is 0. The highest BCUT2D eigenvalue weighted by Crippen LogP contribution is 2.28. The molecular formula is C27H34ClN3O2. The molecule has 3 rings (SSSR count). The van der Waals surface area contributed by atoms with Crippen molar-refractivity contribution in [3.05, 3.63) is 69.7 Å². The highest BCUT2D eigenvalue weighted by molar-refractivity contribution is 6.30. The van der Waals surface area contributed by atoms with Crippen molar-refractivity contribution in [2.24, 2.45) is 11.8 Å². The number of carbonyl (C=O) groups is 1. The maximum atomic E-state index is 13.7. The van der Waals surface area contributed by atoms with Gasteiger partial charge >= 0.3 is 0 Å². The lowest BCUT2D eigenvalue weighted by atomic mass is 10.0. The third kappa shape index (κ3) is 5.83. The summed E-state index contributed by atoms with van der Waals surface area (Å²) in [6.45, 7) is 11.1. The summed E-state index contributed by atoms with van der Waals surface area (Å²) in [4.78, 5) is 34.0. The van der Waals surface area contributed by atoms with Crippen LogP contribution in [-0.2, 0) is 4.79 Å². The van der Waals surface area contributed by atoms with Crippen LogP contribution in [0.1, 0.15) is 65.7 Å². The van der Waals surface area contributed by atoms with Gasteiger partial charge in [-0.15, -0.1) is 0 Å². The normalized spacial score (nSPS) is 12.5. The Morgan fingerprint density at radius 1 is 1.06 bits per heavy atom. The van der Waals surface area contributed by atoms with Gasteiger partial charge in [-0.25, -0.2) is 4.98 Å². The summed E-state index contributed by atoms with van der Waals surface area (Å²) in [5, 5.41) is 1.08. The van der Waals surface area contributed by atoms with Crippen molar-refractivity contribution in [3.63, 3.8) is 0 Å². The summed E-state index contributed by atoms with van der Waals surface area (Å²) < 4.78 is 1.63. The maximum Gasteiger partial charge on any atom is 0.266 e. The van der Waals surface area contributed by atoms with Crippen LogP contribution < -0.4 is 5.56 Å². The highest BCUT2D eigenvalue weighted by Gasteiger charge is 2.29. The number of halogens is 1. The first-order chi connectivity index (χ1) is 15.7. The van der Waals surface area contributed by atoms with E-state index < -0.39 is 0 Å². The van der Waals surface area contributed by atoms with E-state index in [0.29, 0.717) is 52.7 Å². The lowest BCUT2D eigenvalue weighted by Crippen LogP contribution is -2.40. The standard InChI is InChI=1S/C27H34ClN3O2/c1-6-24(30(15-14-18(2)3)25(32)16-19(4)5)26-29-23-13-8-7-12-22(23)27(33)31(26)21-11-9-10-20(28)17-21/h7-13,17-19,24H,6,14-16H2,1-5H3. The Bertz CT molecular complexity index is 1170. The van der Waals surface area contributed by atoms with Crippen molar-refractivity contribution in [1.29, 1.82) is 0 Å². The van der Waals surface area contributed by atoms with E-state index in [1.807, 2.05) is 42.2 Å². The summed E-state index contributed by atoms with van der Waals surface area (Å²) in [6, 6.07) is 14.3. The lowest BCUT2D eigenvalue weighted by Gasteiger charge is -2.33. The molecule has 1 heterocycles. The minimum atomic E-state index is -0.328. The van der Waals surface area contributed by atoms with Gasteiger partial charge < -0.3 is 4.90 Å². The predicted octanol–water partition coefficient (Wildman–Crippen LogP) is 6.41. The second kappa shape index (κ2) is 11.0. The molecule has 176 valence electrons. The smallest absolute Gasteiger partial charge is 0.266 e. The van der Waals surface area contributed by atoms with Gasteiger partial charge in [-0.2, -0.15) is 0 Å². The van der Waals surface area contributed by atoms with Gasteiger partial charge in [0.1, 0.15) is 5.82 Å². The summed E-state index contributed by atoms with van der Waals surface area (Å²) in [7, 11) is 0. The van der Waals surface area contributed by atoms with Crippen molar-refractivity contribution in [1.82, 2.24) is 14.5 Å². The first-order valence-corrected chi connectivity index (χ1v) is 12.2. The molecule has 0 spiro atoms. The van der Waals surface area contributed by atoms with Crippen LogP contribution in [0, 0.1) is 11.8 Å². The van der Waals surface area contributed by atoms with E-state index in [1.165, 1.54) is 0 Å². The fraction of sp³-hybridized carbons (Fsp3) is 0.444. The van der Waals surface area contributed by atoms with E-state index in [-0.39, 0.29) is 23.4 Å². The second-order valence-electron chi connectivity index (χ2n) is 9.40. The van der Waals surface area contributed by atoms with Crippen molar-refractivity contribution in [2.75, 3.05) is 6.54 Å². The molecule has 2 aromatic carbocycles. The average Bonchev–Trinajstić information content (AvgIpc) is 2.76. The molecule has 1 amide bonds. The van der Waals surface area contributed by atoms with Crippen molar-refractivity contribution in [3.8, 4) is 5.69 Å². The Hall–Kier alpha value is -2.66. The third-order valence-electron chi connectivity index (χ3n) is 5.78. The minimum absolute atomic E-state index is 0.0950. The number of fused-ring (bicyclic) bond motifs is 1. The minimum Gasteiger partial charge on any atom is -0.332 e. The Balaban J connectivity index is 2.25. The van der Waals surface area contributed by atoms with Gasteiger partial charge in [-0.05, 0) is 55.0 Å². The lowest BCUT2D eigenvalue weighted by molar-refractivity contribution is -0.135. The van der Waals surface area contributed by atoms with Gasteiger partial charge in [0, 0.05) is 18.0 Å². The number of carbonyl (C=O) groups excluding carboxylic acids is 1. The number of para-hydroxylation sites is 1. The van der Waals surface area contributed by atoms with Crippen LogP contribution in [0.4, 0.5) is 0 Å². The molecule has 0 bridgehead atoms. The van der Waals surface area contributed by atoms with Crippen LogP contribution in [0.5, 0.6) is 0 Å². The monoisotopic (exact) mass is 467 g/mol. The zero-order chi connectivity index (χ0) is 24.1. The number of hydrogen-bond acceptors (Lipinski definition) is 3. The summed E-state index contributed by atoms with van der Waals surface area (Å²) in [5.41, 5.74) is 1.13. The van der Waals surface area contributed by atoms with E-state index >= 15 is 0 Å². The molecular weight excluding hydrogens is 434 g/mol. The van der Waals surface area contributed by atoms with Crippen LogP contribution >= 0.6 is 11.6 Å². The molecule has 0 N–H and O–H groups in total. The Kier molecular flexibility index (Phi) is 8.30. The number of benzene rings is 2. The van der Waals surface area contributed by atoms with Gasteiger partial charge in [0.25, 0.3) is 5.56 Å².